The highest BCUT2D eigenvalue weighted by Gasteiger charge is 1.83. The maximum atomic E-state index is 9.70. The number of rotatable bonds is 2. The fourth-order valence-corrected chi connectivity index (χ4v) is 0.370. The Balaban J connectivity index is 2.83. The first-order valence-electron chi connectivity index (χ1n) is 1.69. The van der Waals surface area contributed by atoms with E-state index in [9.17, 15) is 4.57 Å². The van der Waals surface area contributed by atoms with Crippen LogP contribution in [0.15, 0.2) is 0 Å². The van der Waals surface area contributed by atoms with E-state index in [0.29, 0.717) is 6.54 Å². The highest BCUT2D eigenvalue weighted by molar-refractivity contribution is 7.38. The maximum Gasteiger partial charge on any atom is 0.190 e. The molecule has 38 valence electrons. The maximum absolute atomic E-state index is 9.70. The molecule has 0 radical (unpaired) electrons. The van der Waals surface area contributed by atoms with Crippen molar-refractivity contribution in [3.05, 3.63) is 0 Å². The number of hydrogen-bond acceptors (Lipinski definition) is 2. The molecule has 0 aliphatic carbocycles. The molecule has 0 saturated heterocycles. The zero-order chi connectivity index (χ0) is 4.99. The molecule has 1 unspecified atom stereocenters. The molecule has 0 bridgehead atoms. The second kappa shape index (κ2) is 3.34. The topological polar surface area (TPSA) is 63.3 Å². The van der Waals surface area contributed by atoms with Crippen LogP contribution in [-0.2, 0) is 4.57 Å². The van der Waals surface area contributed by atoms with E-state index in [1.807, 2.05) is 0 Å². The normalized spacial score (nSPS) is 14.3. The lowest BCUT2D eigenvalue weighted by Gasteiger charge is -1.82. The van der Waals surface area contributed by atoms with Crippen LogP contribution in [0.4, 0.5) is 0 Å². The zero-order valence-corrected chi connectivity index (χ0v) is 4.35. The van der Waals surface area contributed by atoms with Crippen LogP contribution in [0.5, 0.6) is 0 Å². The van der Waals surface area contributed by atoms with Gasteiger partial charge < -0.3 is 10.6 Å². The molecule has 3 N–H and O–H groups in total. The summed E-state index contributed by atoms with van der Waals surface area (Å²) in [5.74, 6) is 0. The van der Waals surface area contributed by atoms with Gasteiger partial charge in [-0.15, -0.1) is 0 Å². The molecule has 0 aromatic heterocycles. The SMILES string of the molecule is NCC[PH](=O)O. The fraction of sp³-hybridized carbons (Fsp3) is 1.00. The third-order valence-electron chi connectivity index (χ3n) is 0.358. The van der Waals surface area contributed by atoms with Crippen molar-refractivity contribution in [3.8, 4) is 0 Å². The summed E-state index contributed by atoms with van der Waals surface area (Å²) >= 11 is 0. The summed E-state index contributed by atoms with van der Waals surface area (Å²) < 4.78 is 9.70. The van der Waals surface area contributed by atoms with E-state index in [1.165, 1.54) is 0 Å². The largest absolute Gasteiger partial charge is 0.346 e. The Hall–Kier alpha value is 0.150. The molecular weight excluding hydrogens is 101 g/mol. The Morgan fingerprint density at radius 1 is 1.83 bits per heavy atom. The minimum absolute atomic E-state index is 0.255. The predicted molar refractivity (Wildman–Crippen MR) is 25.1 cm³/mol. The Morgan fingerprint density at radius 3 is 2.33 bits per heavy atom. The first-order chi connectivity index (χ1) is 2.77. The second-order valence-electron chi connectivity index (χ2n) is 0.932. The fourth-order valence-electron chi connectivity index (χ4n) is 0.123. The minimum Gasteiger partial charge on any atom is -0.346 e. The van der Waals surface area contributed by atoms with Crippen molar-refractivity contribution in [2.45, 2.75) is 0 Å². The second-order valence-corrected chi connectivity index (χ2v) is 2.22. The summed E-state index contributed by atoms with van der Waals surface area (Å²) in [6, 6.07) is 0. The lowest BCUT2D eigenvalue weighted by Crippen LogP contribution is -2.00. The molecule has 0 aromatic rings. The number of hydrogen-bond donors (Lipinski definition) is 2. The first-order valence-corrected chi connectivity index (χ1v) is 3.25. The van der Waals surface area contributed by atoms with Gasteiger partial charge in [-0.05, 0) is 0 Å². The van der Waals surface area contributed by atoms with Crippen LogP contribution < -0.4 is 5.73 Å². The van der Waals surface area contributed by atoms with Crippen LogP contribution in [0.2, 0.25) is 0 Å². The molecule has 1 atom stereocenters. The van der Waals surface area contributed by atoms with Crippen molar-refractivity contribution in [1.82, 2.24) is 0 Å². The van der Waals surface area contributed by atoms with Crippen molar-refractivity contribution >= 4 is 8.03 Å². The van der Waals surface area contributed by atoms with E-state index in [-0.39, 0.29) is 6.16 Å². The summed E-state index contributed by atoms with van der Waals surface area (Å²) in [6.45, 7) is 0.314. The Kier molecular flexibility index (Phi) is 3.43. The Morgan fingerprint density at radius 2 is 2.33 bits per heavy atom. The van der Waals surface area contributed by atoms with Crippen molar-refractivity contribution in [3.63, 3.8) is 0 Å². The first kappa shape index (κ1) is 6.15. The molecule has 3 nitrogen and oxygen atoms in total. The van der Waals surface area contributed by atoms with Gasteiger partial charge in [-0.3, -0.25) is 4.57 Å². The minimum atomic E-state index is -2.26. The molecule has 4 heteroatoms. The zero-order valence-electron chi connectivity index (χ0n) is 3.35. The van der Waals surface area contributed by atoms with Crippen LogP contribution in [0, 0.1) is 0 Å². The molecule has 0 fully saturated rings. The number of nitrogens with two attached hydrogens (primary N) is 1. The van der Waals surface area contributed by atoms with Crippen molar-refractivity contribution in [2.24, 2.45) is 5.73 Å². The standard InChI is InChI=1S/C2H8NO2P/c3-1-2-6(4)5/h6H,1-3H2,(H,4,5). The summed E-state index contributed by atoms with van der Waals surface area (Å²) in [5.41, 5.74) is 4.89. The van der Waals surface area contributed by atoms with Gasteiger partial charge in [0.25, 0.3) is 0 Å². The van der Waals surface area contributed by atoms with E-state index in [4.69, 9.17) is 10.6 Å². The predicted octanol–water partition coefficient (Wildman–Crippen LogP) is -0.588. The van der Waals surface area contributed by atoms with Gasteiger partial charge in [-0.1, -0.05) is 0 Å². The van der Waals surface area contributed by atoms with Gasteiger partial charge in [0.05, 0.1) is 0 Å². The van der Waals surface area contributed by atoms with Gasteiger partial charge in [0, 0.05) is 12.7 Å². The van der Waals surface area contributed by atoms with Gasteiger partial charge in [0.2, 0.25) is 0 Å². The Bertz CT molecular complexity index is 55.5. The lowest BCUT2D eigenvalue weighted by molar-refractivity contribution is 0.503. The lowest BCUT2D eigenvalue weighted by atomic mass is 10.8. The van der Waals surface area contributed by atoms with Crippen molar-refractivity contribution in [1.29, 1.82) is 0 Å². The average molecular weight is 109 g/mol. The molecule has 6 heavy (non-hydrogen) atoms. The summed E-state index contributed by atoms with van der Waals surface area (Å²) in [5, 5.41) is 0. The van der Waals surface area contributed by atoms with Crippen LogP contribution in [0.25, 0.3) is 0 Å². The van der Waals surface area contributed by atoms with Gasteiger partial charge in [-0.2, -0.15) is 0 Å². The highest BCUT2D eigenvalue weighted by atomic mass is 31.1. The van der Waals surface area contributed by atoms with Gasteiger partial charge in [0.1, 0.15) is 0 Å². The molecule has 0 spiro atoms. The third-order valence-corrected chi connectivity index (χ3v) is 1.07. The van der Waals surface area contributed by atoms with Gasteiger partial charge in [0.15, 0.2) is 8.03 Å². The van der Waals surface area contributed by atoms with Crippen molar-refractivity contribution < 1.29 is 9.46 Å². The van der Waals surface area contributed by atoms with Gasteiger partial charge >= 0.3 is 0 Å². The van der Waals surface area contributed by atoms with Crippen molar-refractivity contribution in [2.75, 3.05) is 12.7 Å². The van der Waals surface area contributed by atoms with E-state index in [0.717, 1.165) is 0 Å². The van der Waals surface area contributed by atoms with Crippen LogP contribution in [0.3, 0.4) is 0 Å². The van der Waals surface area contributed by atoms with Gasteiger partial charge in [-0.25, -0.2) is 0 Å². The molecule has 0 amide bonds. The monoisotopic (exact) mass is 109 g/mol. The van der Waals surface area contributed by atoms with E-state index >= 15 is 0 Å². The summed E-state index contributed by atoms with van der Waals surface area (Å²) in [4.78, 5) is 8.02. The quantitative estimate of drug-likeness (QED) is 0.466. The molecule has 0 aliphatic rings. The summed E-state index contributed by atoms with van der Waals surface area (Å²) in [7, 11) is -2.26. The molecular formula is C2H8NO2P. The smallest absolute Gasteiger partial charge is 0.190 e. The molecule has 0 saturated carbocycles. The average Bonchev–Trinajstić information content (AvgIpc) is 1.35. The molecule has 0 heterocycles. The summed E-state index contributed by atoms with van der Waals surface area (Å²) in [6.07, 6.45) is 0.255. The molecule has 0 rings (SSSR count). The third kappa shape index (κ3) is 4.15. The van der Waals surface area contributed by atoms with E-state index in [2.05, 4.69) is 0 Å². The van der Waals surface area contributed by atoms with E-state index in [1.54, 1.807) is 0 Å². The molecule has 0 aliphatic heterocycles. The highest BCUT2D eigenvalue weighted by Crippen LogP contribution is 2.08. The van der Waals surface area contributed by atoms with Crippen LogP contribution in [0.1, 0.15) is 0 Å². The van der Waals surface area contributed by atoms with Crippen LogP contribution in [-0.4, -0.2) is 17.6 Å². The van der Waals surface area contributed by atoms with E-state index < -0.39 is 8.03 Å². The van der Waals surface area contributed by atoms with Crippen LogP contribution >= 0.6 is 8.03 Å². The Labute approximate surface area is 37.0 Å². The molecule has 0 aromatic carbocycles.